The number of benzene rings is 1. The molecule has 16 heavy (non-hydrogen) atoms. The van der Waals surface area contributed by atoms with E-state index in [0.717, 1.165) is 11.3 Å². The van der Waals surface area contributed by atoms with E-state index in [9.17, 15) is 0 Å². The number of hydrogen-bond donors (Lipinski definition) is 0. The summed E-state index contributed by atoms with van der Waals surface area (Å²) in [6.45, 7) is 2.07. The second-order valence-electron chi connectivity index (χ2n) is 3.46. The summed E-state index contributed by atoms with van der Waals surface area (Å²) in [4.78, 5) is 7.84. The highest BCUT2D eigenvalue weighted by molar-refractivity contribution is 7.15. The van der Waals surface area contributed by atoms with Crippen molar-refractivity contribution in [3.8, 4) is 0 Å². The molecule has 0 unspecified atom stereocenters. The molecule has 0 spiro atoms. The van der Waals surface area contributed by atoms with Crippen LogP contribution in [0.15, 0.2) is 35.6 Å². The molecule has 1 heterocycles. The lowest BCUT2D eigenvalue weighted by Crippen LogP contribution is -1.84. The van der Waals surface area contributed by atoms with Crippen LogP contribution in [0, 0.1) is 6.92 Å². The lowest BCUT2D eigenvalue weighted by Gasteiger charge is -1.99. The Kier molecular flexibility index (Phi) is 3.19. The smallest absolute Gasteiger partial charge is 0.180 e. The molecule has 2 rings (SSSR count). The number of azide groups is 1. The summed E-state index contributed by atoms with van der Waals surface area (Å²) in [5.74, 6) is 0. The van der Waals surface area contributed by atoms with Gasteiger partial charge in [0.1, 0.15) is 0 Å². The molecule has 0 fully saturated rings. The minimum Gasteiger partial charge on any atom is -0.243 e. The van der Waals surface area contributed by atoms with Crippen molar-refractivity contribution < 1.29 is 0 Å². The monoisotopic (exact) mass is 230 g/mol. The first-order valence-electron chi connectivity index (χ1n) is 4.83. The largest absolute Gasteiger partial charge is 0.243 e. The van der Waals surface area contributed by atoms with Crippen molar-refractivity contribution in [1.29, 1.82) is 0 Å². The molecule has 1 aromatic heterocycles. The predicted molar refractivity (Wildman–Crippen MR) is 64.9 cm³/mol. The van der Waals surface area contributed by atoms with Gasteiger partial charge < -0.3 is 0 Å². The van der Waals surface area contributed by atoms with Gasteiger partial charge in [-0.05, 0) is 23.1 Å². The maximum Gasteiger partial charge on any atom is 0.180 e. The standard InChI is InChI=1S/C11H10N4S/c1-8-3-2-4-9(5-8)6-10-7-13-11(16-10)14-15-12/h2-5,7H,6H2,1H3. The summed E-state index contributed by atoms with van der Waals surface area (Å²) in [6.07, 6.45) is 2.59. The Morgan fingerprint density at radius 3 is 3.12 bits per heavy atom. The third kappa shape index (κ3) is 2.59. The van der Waals surface area contributed by atoms with Gasteiger partial charge in [0.2, 0.25) is 0 Å². The Morgan fingerprint density at radius 1 is 1.50 bits per heavy atom. The zero-order valence-electron chi connectivity index (χ0n) is 8.79. The normalized spacial score (nSPS) is 9.81. The summed E-state index contributed by atoms with van der Waals surface area (Å²) in [5.41, 5.74) is 10.8. The van der Waals surface area contributed by atoms with Crippen molar-refractivity contribution in [2.45, 2.75) is 13.3 Å². The second-order valence-corrected chi connectivity index (χ2v) is 4.56. The van der Waals surface area contributed by atoms with Crippen LogP contribution in [0.25, 0.3) is 10.4 Å². The van der Waals surface area contributed by atoms with Crippen molar-refractivity contribution in [2.75, 3.05) is 0 Å². The zero-order chi connectivity index (χ0) is 11.4. The fourth-order valence-electron chi connectivity index (χ4n) is 1.49. The van der Waals surface area contributed by atoms with E-state index in [1.807, 2.05) is 6.07 Å². The molecule has 4 nitrogen and oxygen atoms in total. The van der Waals surface area contributed by atoms with E-state index in [4.69, 9.17) is 5.53 Å². The van der Waals surface area contributed by atoms with Gasteiger partial charge in [-0.15, -0.1) is 11.3 Å². The van der Waals surface area contributed by atoms with Crippen molar-refractivity contribution in [2.24, 2.45) is 5.11 Å². The van der Waals surface area contributed by atoms with Crippen LogP contribution in [-0.2, 0) is 6.42 Å². The molecule has 1 aromatic carbocycles. The van der Waals surface area contributed by atoms with Gasteiger partial charge >= 0.3 is 0 Å². The van der Waals surface area contributed by atoms with E-state index in [0.29, 0.717) is 5.13 Å². The SMILES string of the molecule is Cc1cccc(Cc2cnc(N=[N+]=[N-])s2)c1. The first-order chi connectivity index (χ1) is 7.78. The summed E-state index contributed by atoms with van der Waals surface area (Å²) in [6, 6.07) is 8.34. The minimum atomic E-state index is 0.477. The van der Waals surface area contributed by atoms with Gasteiger partial charge in [0, 0.05) is 22.4 Å². The topological polar surface area (TPSA) is 61.7 Å². The predicted octanol–water partition coefficient (Wildman–Crippen LogP) is 3.98. The first kappa shape index (κ1) is 10.7. The molecule has 0 atom stereocenters. The third-order valence-corrected chi connectivity index (χ3v) is 3.01. The zero-order valence-corrected chi connectivity index (χ0v) is 9.61. The molecule has 80 valence electrons. The maximum absolute atomic E-state index is 8.28. The van der Waals surface area contributed by atoms with Crippen LogP contribution in [0.4, 0.5) is 5.13 Å². The van der Waals surface area contributed by atoms with Crippen molar-refractivity contribution in [3.63, 3.8) is 0 Å². The van der Waals surface area contributed by atoms with Gasteiger partial charge in [0.15, 0.2) is 5.13 Å². The summed E-state index contributed by atoms with van der Waals surface area (Å²) >= 11 is 1.43. The van der Waals surface area contributed by atoms with Gasteiger partial charge in [-0.3, -0.25) is 0 Å². The molecule has 0 aliphatic heterocycles. The van der Waals surface area contributed by atoms with E-state index in [1.54, 1.807) is 6.20 Å². The molecule has 2 aromatic rings. The molecule has 0 amide bonds. The van der Waals surface area contributed by atoms with Crippen LogP contribution >= 0.6 is 11.3 Å². The average molecular weight is 230 g/mol. The van der Waals surface area contributed by atoms with E-state index >= 15 is 0 Å². The van der Waals surface area contributed by atoms with Gasteiger partial charge in [-0.2, -0.15) is 0 Å². The minimum absolute atomic E-state index is 0.477. The Labute approximate surface area is 97.2 Å². The van der Waals surface area contributed by atoms with Crippen LogP contribution in [-0.4, -0.2) is 4.98 Å². The Hall–Kier alpha value is -1.84. The van der Waals surface area contributed by atoms with Gasteiger partial charge in [-0.25, -0.2) is 4.98 Å². The molecule has 5 heteroatoms. The highest BCUT2D eigenvalue weighted by Gasteiger charge is 2.01. The number of aryl methyl sites for hydroxylation is 1. The van der Waals surface area contributed by atoms with E-state index in [1.165, 1.54) is 22.5 Å². The van der Waals surface area contributed by atoms with Gasteiger partial charge in [0.05, 0.1) is 0 Å². The van der Waals surface area contributed by atoms with Crippen LogP contribution in [0.2, 0.25) is 0 Å². The number of hydrogen-bond acceptors (Lipinski definition) is 3. The number of thiazole rings is 1. The van der Waals surface area contributed by atoms with Crippen molar-refractivity contribution in [1.82, 2.24) is 4.98 Å². The number of rotatable bonds is 3. The lowest BCUT2D eigenvalue weighted by molar-refractivity contribution is 1.20. The molecule has 0 saturated heterocycles. The molecule has 0 saturated carbocycles. The fraction of sp³-hybridized carbons (Fsp3) is 0.182. The van der Waals surface area contributed by atoms with E-state index < -0.39 is 0 Å². The molecule has 0 N–H and O–H groups in total. The van der Waals surface area contributed by atoms with Gasteiger partial charge in [-0.1, -0.05) is 29.8 Å². The number of nitrogens with zero attached hydrogens (tertiary/aromatic N) is 4. The Morgan fingerprint density at radius 2 is 2.38 bits per heavy atom. The fourth-order valence-corrected chi connectivity index (χ4v) is 2.25. The second kappa shape index (κ2) is 4.79. The quantitative estimate of drug-likeness (QED) is 0.447. The first-order valence-corrected chi connectivity index (χ1v) is 5.65. The Balaban J connectivity index is 2.17. The van der Waals surface area contributed by atoms with Gasteiger partial charge in [0.25, 0.3) is 0 Å². The summed E-state index contributed by atoms with van der Waals surface area (Å²) < 4.78 is 0. The van der Waals surface area contributed by atoms with Crippen LogP contribution in [0.5, 0.6) is 0 Å². The van der Waals surface area contributed by atoms with E-state index in [-0.39, 0.29) is 0 Å². The highest BCUT2D eigenvalue weighted by atomic mass is 32.1. The molecule has 0 radical (unpaired) electrons. The lowest BCUT2D eigenvalue weighted by atomic mass is 10.1. The molecule has 0 bridgehead atoms. The van der Waals surface area contributed by atoms with Crippen molar-refractivity contribution >= 4 is 16.5 Å². The van der Waals surface area contributed by atoms with Crippen LogP contribution in [0.3, 0.4) is 0 Å². The van der Waals surface area contributed by atoms with Crippen LogP contribution < -0.4 is 0 Å². The van der Waals surface area contributed by atoms with Crippen LogP contribution in [0.1, 0.15) is 16.0 Å². The number of aromatic nitrogens is 1. The molecular weight excluding hydrogens is 220 g/mol. The maximum atomic E-state index is 8.28. The molecular formula is C11H10N4S. The Bertz CT molecular complexity index is 540. The highest BCUT2D eigenvalue weighted by Crippen LogP contribution is 2.23. The average Bonchev–Trinajstić information content (AvgIpc) is 2.66. The van der Waals surface area contributed by atoms with E-state index in [2.05, 4.69) is 40.1 Å². The third-order valence-electron chi connectivity index (χ3n) is 2.13. The molecule has 0 aliphatic rings. The van der Waals surface area contributed by atoms with Crippen molar-refractivity contribution in [3.05, 3.63) is 56.9 Å². The summed E-state index contributed by atoms with van der Waals surface area (Å²) in [5, 5.41) is 3.95. The summed E-state index contributed by atoms with van der Waals surface area (Å²) in [7, 11) is 0. The molecule has 0 aliphatic carbocycles.